The van der Waals surface area contributed by atoms with Crippen molar-refractivity contribution in [1.29, 1.82) is 0 Å². The van der Waals surface area contributed by atoms with Gasteiger partial charge < -0.3 is 19.8 Å². The molecule has 1 saturated carbocycles. The normalized spacial score (nSPS) is 14.8. The molecule has 1 aromatic heterocycles. The van der Waals surface area contributed by atoms with Crippen LogP contribution in [0.4, 0.5) is 0 Å². The number of aromatic amines is 1. The maximum atomic E-state index is 12.8. The molecule has 26 heavy (non-hydrogen) atoms. The summed E-state index contributed by atoms with van der Waals surface area (Å²) < 4.78 is 10.5. The zero-order valence-electron chi connectivity index (χ0n) is 14.9. The zero-order valence-corrected chi connectivity index (χ0v) is 14.9. The fourth-order valence-corrected chi connectivity index (χ4v) is 3.29. The summed E-state index contributed by atoms with van der Waals surface area (Å²) >= 11 is 0. The molecule has 0 spiro atoms. The van der Waals surface area contributed by atoms with E-state index in [0.717, 1.165) is 40.8 Å². The van der Waals surface area contributed by atoms with E-state index in [1.165, 1.54) is 0 Å². The number of fused-ring (bicyclic) bond motifs is 1. The SMILES string of the molecule is COc1ccc(C(NC(=O)c2cc3ccc(OC)cc3[nH]2)C2CC2)cc1. The van der Waals surface area contributed by atoms with Crippen molar-refractivity contribution in [2.24, 2.45) is 5.92 Å². The second kappa shape index (κ2) is 6.75. The molecule has 134 valence electrons. The van der Waals surface area contributed by atoms with E-state index in [1.807, 2.05) is 48.5 Å². The predicted octanol–water partition coefficient (Wildman–Crippen LogP) is 4.07. The Labute approximate surface area is 152 Å². The number of benzene rings is 2. The Morgan fingerprint density at radius 1 is 1.04 bits per heavy atom. The van der Waals surface area contributed by atoms with Gasteiger partial charge in [0.15, 0.2) is 0 Å². The fourth-order valence-electron chi connectivity index (χ4n) is 3.29. The minimum atomic E-state index is -0.0899. The van der Waals surface area contributed by atoms with Gasteiger partial charge in [-0.3, -0.25) is 4.79 Å². The molecule has 1 unspecified atom stereocenters. The van der Waals surface area contributed by atoms with Crippen LogP contribution in [0.3, 0.4) is 0 Å². The maximum Gasteiger partial charge on any atom is 0.268 e. The molecule has 2 aromatic carbocycles. The van der Waals surface area contributed by atoms with Gasteiger partial charge in [0, 0.05) is 17.0 Å². The highest BCUT2D eigenvalue weighted by atomic mass is 16.5. The molecule has 5 heteroatoms. The van der Waals surface area contributed by atoms with Crippen molar-refractivity contribution in [3.8, 4) is 11.5 Å². The summed E-state index contributed by atoms with van der Waals surface area (Å²) in [6.07, 6.45) is 2.28. The molecular weight excluding hydrogens is 328 g/mol. The van der Waals surface area contributed by atoms with Gasteiger partial charge in [-0.25, -0.2) is 0 Å². The molecule has 0 radical (unpaired) electrons. The molecule has 1 atom stereocenters. The monoisotopic (exact) mass is 350 g/mol. The van der Waals surface area contributed by atoms with E-state index in [-0.39, 0.29) is 11.9 Å². The lowest BCUT2D eigenvalue weighted by atomic mass is 10.0. The highest BCUT2D eigenvalue weighted by molar-refractivity contribution is 5.98. The number of nitrogens with one attached hydrogen (secondary N) is 2. The molecule has 1 fully saturated rings. The third kappa shape index (κ3) is 3.25. The number of methoxy groups -OCH3 is 2. The number of carbonyl (C=O) groups is 1. The average Bonchev–Trinajstić information content (AvgIpc) is 3.43. The number of amides is 1. The molecule has 0 bridgehead atoms. The number of hydrogen-bond donors (Lipinski definition) is 2. The number of hydrogen-bond acceptors (Lipinski definition) is 3. The lowest BCUT2D eigenvalue weighted by Gasteiger charge is -2.18. The number of H-pyrrole nitrogens is 1. The summed E-state index contributed by atoms with van der Waals surface area (Å²) in [7, 11) is 3.28. The third-order valence-corrected chi connectivity index (χ3v) is 4.93. The molecule has 4 rings (SSSR count). The Morgan fingerprint density at radius 3 is 2.38 bits per heavy atom. The van der Waals surface area contributed by atoms with Crippen molar-refractivity contribution >= 4 is 16.8 Å². The van der Waals surface area contributed by atoms with Crippen molar-refractivity contribution in [3.05, 3.63) is 59.8 Å². The zero-order chi connectivity index (χ0) is 18.1. The van der Waals surface area contributed by atoms with Gasteiger partial charge in [-0.15, -0.1) is 0 Å². The van der Waals surface area contributed by atoms with Crippen molar-refractivity contribution in [2.45, 2.75) is 18.9 Å². The molecule has 1 aliphatic rings. The van der Waals surface area contributed by atoms with E-state index in [4.69, 9.17) is 9.47 Å². The van der Waals surface area contributed by atoms with E-state index >= 15 is 0 Å². The molecule has 0 saturated heterocycles. The summed E-state index contributed by atoms with van der Waals surface area (Å²) in [6.45, 7) is 0. The second-order valence-corrected chi connectivity index (χ2v) is 6.70. The van der Waals surface area contributed by atoms with Crippen molar-refractivity contribution in [2.75, 3.05) is 14.2 Å². The molecule has 5 nitrogen and oxygen atoms in total. The molecule has 1 amide bonds. The Hall–Kier alpha value is -2.95. The van der Waals surface area contributed by atoms with Crippen LogP contribution in [-0.4, -0.2) is 25.1 Å². The van der Waals surface area contributed by atoms with Crippen molar-refractivity contribution in [3.63, 3.8) is 0 Å². The van der Waals surface area contributed by atoms with E-state index in [1.54, 1.807) is 14.2 Å². The summed E-state index contributed by atoms with van der Waals surface area (Å²) in [4.78, 5) is 16.0. The number of carbonyl (C=O) groups excluding carboxylic acids is 1. The lowest BCUT2D eigenvalue weighted by molar-refractivity contribution is 0.0927. The van der Waals surface area contributed by atoms with Gasteiger partial charge in [0.2, 0.25) is 0 Å². The van der Waals surface area contributed by atoms with Gasteiger partial charge in [0.05, 0.1) is 20.3 Å². The standard InChI is InChI=1S/C21H22N2O3/c1-25-16-8-5-14(6-9-16)20(13-3-4-13)23-21(24)19-11-15-7-10-17(26-2)12-18(15)22-19/h5-13,20,22H,3-4H2,1-2H3,(H,23,24). The van der Waals surface area contributed by atoms with Gasteiger partial charge in [0.1, 0.15) is 17.2 Å². The largest absolute Gasteiger partial charge is 0.497 e. The van der Waals surface area contributed by atoms with Gasteiger partial charge in [0.25, 0.3) is 5.91 Å². The lowest BCUT2D eigenvalue weighted by Crippen LogP contribution is -2.30. The van der Waals surface area contributed by atoms with Crippen molar-refractivity contribution < 1.29 is 14.3 Å². The molecule has 1 aliphatic carbocycles. The van der Waals surface area contributed by atoms with Crippen LogP contribution in [0.25, 0.3) is 10.9 Å². The van der Waals surface area contributed by atoms with Crippen LogP contribution in [-0.2, 0) is 0 Å². The van der Waals surface area contributed by atoms with Crippen LogP contribution < -0.4 is 14.8 Å². The first-order chi connectivity index (χ1) is 12.7. The van der Waals surface area contributed by atoms with E-state index in [0.29, 0.717) is 11.6 Å². The Morgan fingerprint density at radius 2 is 1.73 bits per heavy atom. The quantitative estimate of drug-likeness (QED) is 0.704. The fraction of sp³-hybridized carbons (Fsp3) is 0.286. The molecule has 1 heterocycles. The first-order valence-electron chi connectivity index (χ1n) is 8.79. The highest BCUT2D eigenvalue weighted by Crippen LogP contribution is 2.41. The van der Waals surface area contributed by atoms with Gasteiger partial charge in [-0.05, 0) is 54.7 Å². The Balaban J connectivity index is 1.56. The third-order valence-electron chi connectivity index (χ3n) is 4.93. The number of rotatable bonds is 6. The minimum Gasteiger partial charge on any atom is -0.497 e. The molecular formula is C21H22N2O3. The van der Waals surface area contributed by atoms with Crippen LogP contribution in [0.5, 0.6) is 11.5 Å². The van der Waals surface area contributed by atoms with Crippen LogP contribution in [0.1, 0.15) is 34.9 Å². The van der Waals surface area contributed by atoms with Crippen LogP contribution in [0.15, 0.2) is 48.5 Å². The van der Waals surface area contributed by atoms with E-state index in [9.17, 15) is 4.79 Å². The van der Waals surface area contributed by atoms with Gasteiger partial charge in [-0.1, -0.05) is 12.1 Å². The van der Waals surface area contributed by atoms with Crippen LogP contribution >= 0.6 is 0 Å². The maximum absolute atomic E-state index is 12.8. The summed E-state index contributed by atoms with van der Waals surface area (Å²) in [5.74, 6) is 1.99. The average molecular weight is 350 g/mol. The molecule has 2 N–H and O–H groups in total. The summed E-state index contributed by atoms with van der Waals surface area (Å²) in [5.41, 5.74) is 2.56. The van der Waals surface area contributed by atoms with Crippen LogP contribution in [0, 0.1) is 5.92 Å². The smallest absolute Gasteiger partial charge is 0.268 e. The summed E-state index contributed by atoms with van der Waals surface area (Å²) in [6, 6.07) is 15.6. The highest BCUT2D eigenvalue weighted by Gasteiger charge is 2.33. The Kier molecular flexibility index (Phi) is 4.29. The van der Waals surface area contributed by atoms with E-state index < -0.39 is 0 Å². The van der Waals surface area contributed by atoms with Gasteiger partial charge >= 0.3 is 0 Å². The molecule has 3 aromatic rings. The first-order valence-corrected chi connectivity index (χ1v) is 8.79. The minimum absolute atomic E-state index is 0.0226. The Bertz CT molecular complexity index is 926. The predicted molar refractivity (Wildman–Crippen MR) is 101 cm³/mol. The topological polar surface area (TPSA) is 63.4 Å². The van der Waals surface area contributed by atoms with E-state index in [2.05, 4.69) is 10.3 Å². The van der Waals surface area contributed by atoms with Gasteiger partial charge in [-0.2, -0.15) is 0 Å². The number of ether oxygens (including phenoxy) is 2. The second-order valence-electron chi connectivity index (χ2n) is 6.70. The van der Waals surface area contributed by atoms with Crippen LogP contribution in [0.2, 0.25) is 0 Å². The molecule has 0 aliphatic heterocycles. The van der Waals surface area contributed by atoms with Crippen molar-refractivity contribution in [1.82, 2.24) is 10.3 Å². The number of aromatic nitrogens is 1. The first kappa shape index (κ1) is 16.5. The summed E-state index contributed by atoms with van der Waals surface area (Å²) in [5, 5.41) is 4.19.